The van der Waals surface area contributed by atoms with Gasteiger partial charge in [-0.25, -0.2) is 4.79 Å². The summed E-state index contributed by atoms with van der Waals surface area (Å²) in [6.45, 7) is 2.00. The van der Waals surface area contributed by atoms with Crippen LogP contribution >= 0.6 is 0 Å². The van der Waals surface area contributed by atoms with Crippen molar-refractivity contribution in [2.45, 2.75) is 31.6 Å². The number of benzene rings is 3. The van der Waals surface area contributed by atoms with Crippen LogP contribution in [0.4, 0.5) is 0 Å². The second-order valence-electron chi connectivity index (χ2n) is 10.7. The molecule has 1 unspecified atom stereocenters. The summed E-state index contributed by atoms with van der Waals surface area (Å²) in [5.74, 6) is -0.766. The fourth-order valence-electron chi connectivity index (χ4n) is 5.92. The molecule has 5 rings (SSSR count). The maximum absolute atomic E-state index is 14.0. The molecule has 9 heteroatoms. The van der Waals surface area contributed by atoms with E-state index in [0.29, 0.717) is 51.8 Å². The molecule has 2 aliphatic rings. The summed E-state index contributed by atoms with van der Waals surface area (Å²) < 4.78 is 27.1. The molecular formula is C35H35NO8. The second-order valence-corrected chi connectivity index (χ2v) is 10.7. The first kappa shape index (κ1) is 30.5. The summed E-state index contributed by atoms with van der Waals surface area (Å²) >= 11 is 0. The molecular weight excluding hydrogens is 562 g/mol. The van der Waals surface area contributed by atoms with Gasteiger partial charge in [0.05, 0.1) is 26.9 Å². The molecule has 0 fully saturated rings. The first-order valence-electron chi connectivity index (χ1n) is 14.4. The zero-order valence-electron chi connectivity index (χ0n) is 25.2. The minimum atomic E-state index is -0.823. The molecule has 0 bridgehead atoms. The number of ether oxygens (including phenoxy) is 5. The van der Waals surface area contributed by atoms with E-state index in [1.54, 1.807) is 45.4 Å². The molecule has 1 aliphatic carbocycles. The third kappa shape index (κ3) is 6.37. The highest BCUT2D eigenvalue weighted by Crippen LogP contribution is 2.47. The molecule has 3 aromatic carbocycles. The third-order valence-electron chi connectivity index (χ3n) is 8.05. The zero-order valence-corrected chi connectivity index (χ0v) is 25.2. The molecule has 44 heavy (non-hydrogen) atoms. The van der Waals surface area contributed by atoms with Crippen molar-refractivity contribution < 1.29 is 38.1 Å². The summed E-state index contributed by atoms with van der Waals surface area (Å²) in [5.41, 5.74) is 3.72. The normalized spacial score (nSPS) is 19.4. The molecule has 9 nitrogen and oxygen atoms in total. The lowest BCUT2D eigenvalue weighted by atomic mass is 9.69. The summed E-state index contributed by atoms with van der Waals surface area (Å²) in [6.07, 6.45) is 0.754. The highest BCUT2D eigenvalue weighted by atomic mass is 16.6. The number of aliphatic imine (C=N–C) groups is 1. The highest BCUT2D eigenvalue weighted by Gasteiger charge is 2.45. The Balaban J connectivity index is 1.45. The Morgan fingerprint density at radius 3 is 2.23 bits per heavy atom. The Morgan fingerprint density at radius 1 is 0.841 bits per heavy atom. The number of hydrogen-bond donors (Lipinski definition) is 0. The maximum atomic E-state index is 14.0. The van der Waals surface area contributed by atoms with Gasteiger partial charge in [-0.1, -0.05) is 36.4 Å². The van der Waals surface area contributed by atoms with Crippen LogP contribution in [0, 0.1) is 5.92 Å². The van der Waals surface area contributed by atoms with Gasteiger partial charge >= 0.3 is 11.9 Å². The molecule has 228 valence electrons. The smallest absolute Gasteiger partial charge is 0.337 e. The van der Waals surface area contributed by atoms with Crippen molar-refractivity contribution >= 4 is 23.4 Å². The van der Waals surface area contributed by atoms with E-state index in [2.05, 4.69) is 0 Å². The minimum Gasteiger partial charge on any atom is -0.493 e. The minimum absolute atomic E-state index is 0.0345. The van der Waals surface area contributed by atoms with Crippen LogP contribution in [0.3, 0.4) is 0 Å². The van der Waals surface area contributed by atoms with Crippen molar-refractivity contribution in [3.8, 4) is 17.2 Å². The van der Waals surface area contributed by atoms with Crippen LogP contribution in [0.1, 0.15) is 53.1 Å². The van der Waals surface area contributed by atoms with Gasteiger partial charge in [-0.2, -0.15) is 0 Å². The molecule has 3 atom stereocenters. The van der Waals surface area contributed by atoms with Crippen LogP contribution in [0.15, 0.2) is 89.1 Å². The van der Waals surface area contributed by atoms with Gasteiger partial charge in [0.2, 0.25) is 0 Å². The number of allylic oxidation sites excluding steroid dienone is 2. The number of esters is 2. The van der Waals surface area contributed by atoms with Crippen LogP contribution in [0.5, 0.6) is 17.2 Å². The van der Waals surface area contributed by atoms with Crippen molar-refractivity contribution in [1.82, 2.24) is 0 Å². The summed E-state index contributed by atoms with van der Waals surface area (Å²) in [4.78, 5) is 44.5. The summed E-state index contributed by atoms with van der Waals surface area (Å²) in [5, 5.41) is 0. The Morgan fingerprint density at radius 2 is 1.55 bits per heavy atom. The Bertz CT molecular complexity index is 1590. The lowest BCUT2D eigenvalue weighted by Crippen LogP contribution is -2.38. The quantitative estimate of drug-likeness (QED) is 0.217. The van der Waals surface area contributed by atoms with Gasteiger partial charge in [0, 0.05) is 29.3 Å². The molecule has 3 aromatic rings. The van der Waals surface area contributed by atoms with Gasteiger partial charge in [-0.15, -0.1) is 0 Å². The van der Waals surface area contributed by atoms with Gasteiger partial charge in [-0.05, 0) is 66.8 Å². The van der Waals surface area contributed by atoms with Crippen molar-refractivity contribution in [3.63, 3.8) is 0 Å². The number of rotatable bonds is 10. The topological polar surface area (TPSA) is 110 Å². The maximum Gasteiger partial charge on any atom is 0.337 e. The van der Waals surface area contributed by atoms with E-state index in [-0.39, 0.29) is 31.3 Å². The van der Waals surface area contributed by atoms with E-state index in [0.717, 1.165) is 5.56 Å². The largest absolute Gasteiger partial charge is 0.493 e. The van der Waals surface area contributed by atoms with E-state index in [1.165, 1.54) is 7.11 Å². The molecule has 0 N–H and O–H groups in total. The van der Waals surface area contributed by atoms with Crippen LogP contribution < -0.4 is 14.2 Å². The molecule has 1 heterocycles. The highest BCUT2D eigenvalue weighted by molar-refractivity contribution is 6.09. The molecule has 1 aliphatic heterocycles. The number of Topliss-reactive ketones (excluding diaryl/α,β-unsaturated/α-hetero) is 1. The molecule has 0 amide bonds. The fourth-order valence-corrected chi connectivity index (χ4v) is 5.92. The average molecular weight is 598 g/mol. The predicted octanol–water partition coefficient (Wildman–Crippen LogP) is 5.69. The van der Waals surface area contributed by atoms with Crippen molar-refractivity contribution in [2.75, 3.05) is 34.5 Å². The lowest BCUT2D eigenvalue weighted by Gasteiger charge is -2.36. The Hall–Kier alpha value is -4.92. The number of carbonyl (C=O) groups excluding carboxylic acids is 3. The van der Waals surface area contributed by atoms with Crippen LogP contribution in [-0.2, 0) is 19.1 Å². The molecule has 0 saturated carbocycles. The van der Waals surface area contributed by atoms with E-state index in [4.69, 9.17) is 28.7 Å². The van der Waals surface area contributed by atoms with Crippen LogP contribution in [0.2, 0.25) is 0 Å². The average Bonchev–Trinajstić information content (AvgIpc) is 3.05. The van der Waals surface area contributed by atoms with Gasteiger partial charge in [0.25, 0.3) is 0 Å². The van der Waals surface area contributed by atoms with Gasteiger partial charge < -0.3 is 23.7 Å². The number of para-hydroxylation sites is 1. The van der Waals surface area contributed by atoms with E-state index in [1.807, 2.05) is 48.5 Å². The predicted molar refractivity (Wildman–Crippen MR) is 164 cm³/mol. The van der Waals surface area contributed by atoms with Crippen LogP contribution in [-0.4, -0.2) is 58.0 Å². The van der Waals surface area contributed by atoms with Crippen molar-refractivity contribution in [1.29, 1.82) is 0 Å². The van der Waals surface area contributed by atoms with E-state index >= 15 is 0 Å². The monoisotopic (exact) mass is 597 g/mol. The fraction of sp³-hybridized carbons (Fsp3) is 0.314. The van der Waals surface area contributed by atoms with Gasteiger partial charge in [-0.3, -0.25) is 14.6 Å². The molecule has 0 spiro atoms. The summed E-state index contributed by atoms with van der Waals surface area (Å²) in [6, 6.07) is 21.7. The van der Waals surface area contributed by atoms with Crippen LogP contribution in [0.25, 0.3) is 0 Å². The Labute approximate surface area is 256 Å². The van der Waals surface area contributed by atoms with E-state index in [9.17, 15) is 14.4 Å². The van der Waals surface area contributed by atoms with E-state index < -0.39 is 23.8 Å². The lowest BCUT2D eigenvalue weighted by molar-refractivity contribution is -0.147. The zero-order chi connectivity index (χ0) is 31.2. The number of nitrogens with zero attached hydrogens (tertiary/aromatic N) is 1. The van der Waals surface area contributed by atoms with Gasteiger partial charge in [0.15, 0.2) is 17.3 Å². The second kappa shape index (κ2) is 13.6. The number of hydrogen-bond acceptors (Lipinski definition) is 9. The standard InChI is InChI=1S/C35H35NO8/c1-21-31(35(39)44-17-16-43-26-8-6-5-7-9-26)32(22-10-12-23(13-11-22)34(38)42-4)33-27(36-21)18-25(19-28(33)37)24-14-15-29(40-2)30(20-24)41-3/h5-15,20,25,31-32H,16-19H2,1-4H3/t25-,31?,32+/m1/s1. The van der Waals surface area contributed by atoms with Crippen molar-refractivity contribution in [3.05, 3.63) is 101 Å². The third-order valence-corrected chi connectivity index (χ3v) is 8.05. The number of methoxy groups -OCH3 is 3. The number of ketones is 1. The SMILES string of the molecule is COC(=O)c1ccc([C@@H]2C3=C(C[C@@H](c4ccc(OC)c(OC)c4)CC3=O)N=C(C)C2C(=O)OCCOc2ccccc2)cc1. The first-order chi connectivity index (χ1) is 21.3. The Kier molecular flexibility index (Phi) is 9.43. The molecule has 0 saturated heterocycles. The molecule has 0 aromatic heterocycles. The van der Waals surface area contributed by atoms with Crippen molar-refractivity contribution in [2.24, 2.45) is 10.9 Å². The summed E-state index contributed by atoms with van der Waals surface area (Å²) in [7, 11) is 4.47. The first-order valence-corrected chi connectivity index (χ1v) is 14.4. The van der Waals surface area contributed by atoms with Gasteiger partial charge in [0.1, 0.15) is 24.9 Å². The number of carbonyl (C=O) groups is 3. The molecule has 0 radical (unpaired) electrons.